The van der Waals surface area contributed by atoms with Gasteiger partial charge in [-0.25, -0.2) is 4.98 Å². The van der Waals surface area contributed by atoms with Crippen LogP contribution in [0.25, 0.3) is 22.2 Å². The third-order valence-electron chi connectivity index (χ3n) is 3.13. The average Bonchev–Trinajstić information content (AvgIpc) is 2.45. The lowest BCUT2D eigenvalue weighted by Gasteiger charge is -2.08. The Labute approximate surface area is 121 Å². The molecule has 0 spiro atoms. The molecular weight excluding hydrogens is 297 g/mol. The minimum atomic E-state index is -4.69. The van der Waals surface area contributed by atoms with E-state index in [0.717, 1.165) is 5.39 Å². The van der Waals surface area contributed by atoms with Crippen LogP contribution in [0.1, 0.15) is 5.69 Å². The van der Waals surface area contributed by atoms with Crippen molar-refractivity contribution in [1.82, 2.24) is 9.97 Å². The Kier molecular flexibility index (Phi) is 3.13. The average molecular weight is 306 g/mol. The molecule has 112 valence electrons. The number of nitrogens with one attached hydrogen (secondary N) is 1. The molecule has 0 radical (unpaired) electrons. The number of hydrogen-bond acceptors (Lipinski definition) is 3. The summed E-state index contributed by atoms with van der Waals surface area (Å²) in [6, 6.07) is 9.79. The van der Waals surface area contributed by atoms with Crippen molar-refractivity contribution in [2.45, 2.75) is 6.18 Å². The number of aromatic hydroxyl groups is 1. The second-order valence-corrected chi connectivity index (χ2v) is 4.72. The van der Waals surface area contributed by atoms with Crippen molar-refractivity contribution in [2.75, 3.05) is 0 Å². The van der Waals surface area contributed by atoms with Crippen molar-refractivity contribution in [3.8, 4) is 17.1 Å². The van der Waals surface area contributed by atoms with Crippen molar-refractivity contribution < 1.29 is 18.3 Å². The van der Waals surface area contributed by atoms with E-state index in [4.69, 9.17) is 0 Å². The Bertz CT molecular complexity index is 917. The zero-order chi connectivity index (χ0) is 15.9. The summed E-state index contributed by atoms with van der Waals surface area (Å²) in [6.07, 6.45) is -4.69. The SMILES string of the molecule is O=c1cc(C(F)(F)F)nc(-c2ccc3cc(O)ccc3c2)[nH]1. The summed E-state index contributed by atoms with van der Waals surface area (Å²) in [6.45, 7) is 0. The summed E-state index contributed by atoms with van der Waals surface area (Å²) >= 11 is 0. The second kappa shape index (κ2) is 4.87. The van der Waals surface area contributed by atoms with E-state index in [-0.39, 0.29) is 11.6 Å². The van der Waals surface area contributed by atoms with Gasteiger partial charge in [0.2, 0.25) is 0 Å². The van der Waals surface area contributed by atoms with E-state index in [1.807, 2.05) is 0 Å². The van der Waals surface area contributed by atoms with Gasteiger partial charge in [0.1, 0.15) is 11.6 Å². The first kappa shape index (κ1) is 14.1. The Morgan fingerprint density at radius 1 is 1.00 bits per heavy atom. The van der Waals surface area contributed by atoms with Gasteiger partial charge in [0.05, 0.1) is 0 Å². The van der Waals surface area contributed by atoms with Gasteiger partial charge >= 0.3 is 6.18 Å². The molecule has 3 aromatic rings. The monoisotopic (exact) mass is 306 g/mol. The van der Waals surface area contributed by atoms with Crippen LogP contribution >= 0.6 is 0 Å². The fourth-order valence-corrected chi connectivity index (χ4v) is 2.12. The molecule has 0 saturated carbocycles. The van der Waals surface area contributed by atoms with Gasteiger partial charge in [0.15, 0.2) is 5.69 Å². The van der Waals surface area contributed by atoms with Crippen LogP contribution in [0.15, 0.2) is 47.3 Å². The van der Waals surface area contributed by atoms with E-state index in [2.05, 4.69) is 9.97 Å². The third-order valence-corrected chi connectivity index (χ3v) is 3.13. The fraction of sp³-hybridized carbons (Fsp3) is 0.0667. The number of fused-ring (bicyclic) bond motifs is 1. The number of H-pyrrole nitrogens is 1. The van der Waals surface area contributed by atoms with E-state index in [1.165, 1.54) is 18.2 Å². The highest BCUT2D eigenvalue weighted by atomic mass is 19.4. The molecule has 1 aromatic heterocycles. The molecule has 0 aliphatic rings. The first-order valence-electron chi connectivity index (χ1n) is 6.25. The van der Waals surface area contributed by atoms with Gasteiger partial charge in [-0.3, -0.25) is 4.79 Å². The lowest BCUT2D eigenvalue weighted by Crippen LogP contribution is -2.16. The highest BCUT2D eigenvalue weighted by Crippen LogP contribution is 2.29. The molecule has 0 bridgehead atoms. The predicted molar refractivity (Wildman–Crippen MR) is 74.5 cm³/mol. The van der Waals surface area contributed by atoms with Gasteiger partial charge in [-0.2, -0.15) is 13.2 Å². The smallest absolute Gasteiger partial charge is 0.433 e. The number of aromatic amines is 1. The number of halogens is 3. The summed E-state index contributed by atoms with van der Waals surface area (Å²) in [7, 11) is 0. The minimum Gasteiger partial charge on any atom is -0.508 e. The molecule has 0 unspecified atom stereocenters. The Hall–Kier alpha value is -2.83. The molecule has 0 aliphatic carbocycles. The van der Waals surface area contributed by atoms with Gasteiger partial charge in [0, 0.05) is 11.6 Å². The van der Waals surface area contributed by atoms with Crippen molar-refractivity contribution >= 4 is 10.8 Å². The molecule has 1 heterocycles. The van der Waals surface area contributed by atoms with Crippen LogP contribution in [0, 0.1) is 0 Å². The van der Waals surface area contributed by atoms with Crippen LogP contribution in [-0.4, -0.2) is 15.1 Å². The molecule has 2 aromatic carbocycles. The lowest BCUT2D eigenvalue weighted by molar-refractivity contribution is -0.141. The van der Waals surface area contributed by atoms with Gasteiger partial charge in [-0.1, -0.05) is 18.2 Å². The number of phenolic OH excluding ortho intramolecular Hbond substituents is 1. The normalized spacial score (nSPS) is 11.8. The van der Waals surface area contributed by atoms with Gasteiger partial charge in [-0.05, 0) is 29.0 Å². The molecule has 0 aliphatic heterocycles. The first-order chi connectivity index (χ1) is 10.3. The first-order valence-corrected chi connectivity index (χ1v) is 6.25. The summed E-state index contributed by atoms with van der Waals surface area (Å²) in [5.74, 6) is -0.0688. The molecule has 0 saturated heterocycles. The molecule has 0 atom stereocenters. The van der Waals surface area contributed by atoms with E-state index >= 15 is 0 Å². The highest BCUT2D eigenvalue weighted by molar-refractivity contribution is 5.87. The summed E-state index contributed by atoms with van der Waals surface area (Å²) in [5, 5.41) is 10.8. The molecule has 3 rings (SSSR count). The fourth-order valence-electron chi connectivity index (χ4n) is 2.12. The number of alkyl halides is 3. The van der Waals surface area contributed by atoms with Gasteiger partial charge in [-0.15, -0.1) is 0 Å². The zero-order valence-corrected chi connectivity index (χ0v) is 11.0. The van der Waals surface area contributed by atoms with Crippen molar-refractivity contribution in [1.29, 1.82) is 0 Å². The van der Waals surface area contributed by atoms with Crippen LogP contribution in [-0.2, 0) is 6.18 Å². The molecule has 7 heteroatoms. The number of rotatable bonds is 1. The van der Waals surface area contributed by atoms with Gasteiger partial charge < -0.3 is 10.1 Å². The van der Waals surface area contributed by atoms with Crippen LogP contribution in [0.2, 0.25) is 0 Å². The Balaban J connectivity index is 2.17. The zero-order valence-electron chi connectivity index (χ0n) is 11.0. The molecule has 0 amide bonds. The Morgan fingerprint density at radius 2 is 1.68 bits per heavy atom. The number of phenols is 1. The van der Waals surface area contributed by atoms with Crippen LogP contribution in [0.5, 0.6) is 5.75 Å². The van der Waals surface area contributed by atoms with Crippen molar-refractivity contribution in [3.63, 3.8) is 0 Å². The maximum atomic E-state index is 12.7. The number of hydrogen-bond donors (Lipinski definition) is 2. The van der Waals surface area contributed by atoms with Crippen molar-refractivity contribution in [3.05, 3.63) is 58.5 Å². The summed E-state index contributed by atoms with van der Waals surface area (Å²) in [4.78, 5) is 17.2. The maximum Gasteiger partial charge on any atom is 0.433 e. The molecule has 22 heavy (non-hydrogen) atoms. The Morgan fingerprint density at radius 3 is 2.41 bits per heavy atom. The largest absolute Gasteiger partial charge is 0.508 e. The van der Waals surface area contributed by atoms with Gasteiger partial charge in [0.25, 0.3) is 5.56 Å². The molecule has 0 fully saturated rings. The standard InChI is InChI=1S/C15H9F3N2O2/c16-15(17,18)12-7-13(22)20-14(19-12)10-2-1-9-6-11(21)4-3-8(9)5-10/h1-7,21H,(H,19,20,22). The molecular formula is C15H9F3N2O2. The van der Waals surface area contributed by atoms with E-state index in [1.54, 1.807) is 18.2 Å². The molecule has 2 N–H and O–H groups in total. The summed E-state index contributed by atoms with van der Waals surface area (Å²) in [5.41, 5.74) is -1.76. The van der Waals surface area contributed by atoms with Crippen LogP contribution in [0.3, 0.4) is 0 Å². The van der Waals surface area contributed by atoms with Crippen LogP contribution in [0.4, 0.5) is 13.2 Å². The second-order valence-electron chi connectivity index (χ2n) is 4.72. The summed E-state index contributed by atoms with van der Waals surface area (Å²) < 4.78 is 38.2. The quantitative estimate of drug-likeness (QED) is 0.725. The molecule has 4 nitrogen and oxygen atoms in total. The number of aromatic nitrogens is 2. The maximum absolute atomic E-state index is 12.7. The minimum absolute atomic E-state index is 0.0888. The van der Waals surface area contributed by atoms with Crippen molar-refractivity contribution in [2.24, 2.45) is 0 Å². The van der Waals surface area contributed by atoms with E-state index in [0.29, 0.717) is 17.0 Å². The third kappa shape index (κ3) is 2.65. The van der Waals surface area contributed by atoms with E-state index < -0.39 is 17.4 Å². The topological polar surface area (TPSA) is 66.0 Å². The number of nitrogens with zero attached hydrogens (tertiary/aromatic N) is 1. The van der Waals surface area contributed by atoms with Crippen LogP contribution < -0.4 is 5.56 Å². The lowest BCUT2D eigenvalue weighted by atomic mass is 10.1. The predicted octanol–water partition coefficient (Wildman–Crippen LogP) is 3.31. The number of benzene rings is 2. The highest BCUT2D eigenvalue weighted by Gasteiger charge is 2.33. The van der Waals surface area contributed by atoms with E-state index in [9.17, 15) is 23.1 Å².